The van der Waals surface area contributed by atoms with Crippen LogP contribution >= 0.6 is 11.3 Å². The minimum atomic E-state index is -0.490. The van der Waals surface area contributed by atoms with Crippen molar-refractivity contribution in [1.82, 2.24) is 10.5 Å². The summed E-state index contributed by atoms with van der Waals surface area (Å²) >= 11 is 1.26. The number of aromatic nitrogens is 1. The van der Waals surface area contributed by atoms with Crippen molar-refractivity contribution in [2.45, 2.75) is 6.42 Å². The van der Waals surface area contributed by atoms with Crippen LogP contribution in [0.25, 0.3) is 0 Å². The number of nitrogen functional groups attached to an aromatic ring is 1. The van der Waals surface area contributed by atoms with E-state index in [0.29, 0.717) is 10.8 Å². The smallest absolute Gasteiger partial charge is 0.249 e. The quantitative estimate of drug-likeness (QED) is 0.426. The first-order chi connectivity index (χ1) is 5.22. The van der Waals surface area contributed by atoms with E-state index in [2.05, 4.69) is 4.98 Å². The van der Waals surface area contributed by atoms with Gasteiger partial charge in [0.1, 0.15) is 0 Å². The lowest BCUT2D eigenvalue weighted by Crippen LogP contribution is -2.20. The van der Waals surface area contributed by atoms with Gasteiger partial charge in [-0.1, -0.05) is 0 Å². The van der Waals surface area contributed by atoms with Crippen LogP contribution in [-0.4, -0.2) is 16.1 Å². The Labute approximate surface area is 66.8 Å². The zero-order valence-electron chi connectivity index (χ0n) is 5.57. The van der Waals surface area contributed by atoms with Gasteiger partial charge in [-0.2, -0.15) is 0 Å². The number of nitrogens with zero attached hydrogens (tertiary/aromatic N) is 1. The van der Waals surface area contributed by atoms with Crippen molar-refractivity contribution < 1.29 is 10.0 Å². The maximum Gasteiger partial charge on any atom is 0.249 e. The molecule has 60 valence electrons. The minimum absolute atomic E-state index is 0.0597. The van der Waals surface area contributed by atoms with Gasteiger partial charge in [-0.15, -0.1) is 11.3 Å². The number of carbonyl (C=O) groups excluding carboxylic acids is 1. The van der Waals surface area contributed by atoms with Gasteiger partial charge >= 0.3 is 0 Å². The Balaban J connectivity index is 2.57. The second-order valence-corrected chi connectivity index (χ2v) is 2.78. The first kappa shape index (κ1) is 7.96. The predicted molar refractivity (Wildman–Crippen MR) is 40.2 cm³/mol. The molecule has 0 fully saturated rings. The van der Waals surface area contributed by atoms with Crippen molar-refractivity contribution in [3.05, 3.63) is 11.1 Å². The number of amides is 1. The lowest BCUT2D eigenvalue weighted by Gasteiger charge is -1.92. The van der Waals surface area contributed by atoms with E-state index >= 15 is 0 Å². The SMILES string of the molecule is Nc1nc(CC(=O)NO)cs1. The average molecular weight is 173 g/mol. The Morgan fingerprint density at radius 1 is 1.91 bits per heavy atom. The number of rotatable bonds is 2. The maximum absolute atomic E-state index is 10.6. The van der Waals surface area contributed by atoms with Gasteiger partial charge in [-0.3, -0.25) is 10.0 Å². The van der Waals surface area contributed by atoms with Crippen molar-refractivity contribution in [3.8, 4) is 0 Å². The standard InChI is InChI=1S/C5H7N3O2S/c6-5-7-3(2-11-5)1-4(9)8-10/h2,10H,1H2,(H2,6,7)(H,8,9). The summed E-state index contributed by atoms with van der Waals surface area (Å²) in [4.78, 5) is 14.4. The number of hydrogen-bond acceptors (Lipinski definition) is 5. The molecule has 0 unspecified atom stereocenters. The molecule has 1 amide bonds. The van der Waals surface area contributed by atoms with Gasteiger partial charge in [0.2, 0.25) is 5.91 Å². The lowest BCUT2D eigenvalue weighted by atomic mass is 10.3. The zero-order valence-corrected chi connectivity index (χ0v) is 6.39. The van der Waals surface area contributed by atoms with E-state index in [0.717, 1.165) is 0 Å². The number of carbonyl (C=O) groups is 1. The highest BCUT2D eigenvalue weighted by Gasteiger charge is 2.04. The van der Waals surface area contributed by atoms with Crippen molar-refractivity contribution in [2.75, 3.05) is 5.73 Å². The molecule has 1 aromatic rings. The first-order valence-electron chi connectivity index (χ1n) is 2.85. The monoisotopic (exact) mass is 173 g/mol. The topological polar surface area (TPSA) is 88.2 Å². The van der Waals surface area contributed by atoms with Crippen LogP contribution in [0.2, 0.25) is 0 Å². The van der Waals surface area contributed by atoms with Crippen LogP contribution in [0.3, 0.4) is 0 Å². The van der Waals surface area contributed by atoms with E-state index in [4.69, 9.17) is 10.9 Å². The molecular formula is C5H7N3O2S. The van der Waals surface area contributed by atoms with Gasteiger partial charge in [-0.05, 0) is 0 Å². The number of nitrogens with one attached hydrogen (secondary N) is 1. The molecule has 0 aromatic carbocycles. The normalized spacial score (nSPS) is 9.55. The summed E-state index contributed by atoms with van der Waals surface area (Å²) in [5.74, 6) is -0.490. The second-order valence-electron chi connectivity index (χ2n) is 1.89. The van der Waals surface area contributed by atoms with Gasteiger partial charge < -0.3 is 5.73 Å². The van der Waals surface area contributed by atoms with Crippen LogP contribution in [0.1, 0.15) is 5.69 Å². The van der Waals surface area contributed by atoms with E-state index in [1.807, 2.05) is 0 Å². The second kappa shape index (κ2) is 3.31. The molecule has 0 spiro atoms. The summed E-state index contributed by atoms with van der Waals surface area (Å²) in [5, 5.41) is 10.2. The molecular weight excluding hydrogens is 166 g/mol. The molecule has 0 atom stereocenters. The Bertz CT molecular complexity index is 260. The third-order valence-corrected chi connectivity index (χ3v) is 1.76. The maximum atomic E-state index is 10.6. The van der Waals surface area contributed by atoms with Crippen LogP contribution < -0.4 is 11.2 Å². The molecule has 0 bridgehead atoms. The van der Waals surface area contributed by atoms with Crippen LogP contribution in [0, 0.1) is 0 Å². The minimum Gasteiger partial charge on any atom is -0.375 e. The van der Waals surface area contributed by atoms with Gasteiger partial charge in [0.15, 0.2) is 5.13 Å². The van der Waals surface area contributed by atoms with Crippen molar-refractivity contribution in [3.63, 3.8) is 0 Å². The van der Waals surface area contributed by atoms with Gasteiger partial charge in [0, 0.05) is 5.38 Å². The van der Waals surface area contributed by atoms with Crippen LogP contribution in [0.5, 0.6) is 0 Å². The fourth-order valence-electron chi connectivity index (χ4n) is 0.608. The summed E-state index contributed by atoms with van der Waals surface area (Å²) in [6, 6.07) is 0. The van der Waals surface area contributed by atoms with E-state index in [-0.39, 0.29) is 6.42 Å². The van der Waals surface area contributed by atoms with Gasteiger partial charge in [0.05, 0.1) is 12.1 Å². The molecule has 1 rings (SSSR count). The van der Waals surface area contributed by atoms with Crippen molar-refractivity contribution >= 4 is 22.4 Å². The zero-order chi connectivity index (χ0) is 8.27. The molecule has 1 aromatic heterocycles. The molecule has 1 heterocycles. The fourth-order valence-corrected chi connectivity index (χ4v) is 1.17. The average Bonchev–Trinajstić information content (AvgIpc) is 2.35. The molecule has 0 aliphatic rings. The highest BCUT2D eigenvalue weighted by molar-refractivity contribution is 7.13. The molecule has 5 nitrogen and oxygen atoms in total. The lowest BCUT2D eigenvalue weighted by molar-refractivity contribution is -0.128. The Morgan fingerprint density at radius 3 is 3.09 bits per heavy atom. The third-order valence-electron chi connectivity index (χ3n) is 1.04. The largest absolute Gasteiger partial charge is 0.375 e. The number of anilines is 1. The molecule has 0 saturated heterocycles. The Kier molecular flexibility index (Phi) is 2.40. The number of hydrogen-bond donors (Lipinski definition) is 3. The molecule has 0 aliphatic heterocycles. The summed E-state index contributed by atoms with van der Waals surface area (Å²) in [6.07, 6.45) is 0.0597. The summed E-state index contributed by atoms with van der Waals surface area (Å²) in [7, 11) is 0. The van der Waals surface area contributed by atoms with Crippen LogP contribution in [0.15, 0.2) is 5.38 Å². The van der Waals surface area contributed by atoms with Gasteiger partial charge in [-0.25, -0.2) is 10.5 Å². The molecule has 0 radical (unpaired) electrons. The Hall–Kier alpha value is -1.14. The van der Waals surface area contributed by atoms with Crippen molar-refractivity contribution in [2.24, 2.45) is 0 Å². The molecule has 4 N–H and O–H groups in total. The Morgan fingerprint density at radius 2 is 2.64 bits per heavy atom. The van der Waals surface area contributed by atoms with E-state index in [1.165, 1.54) is 16.8 Å². The molecule has 6 heteroatoms. The first-order valence-corrected chi connectivity index (χ1v) is 3.73. The predicted octanol–water partition coefficient (Wildman–Crippen LogP) is -0.227. The van der Waals surface area contributed by atoms with Crippen LogP contribution in [-0.2, 0) is 11.2 Å². The summed E-state index contributed by atoms with van der Waals surface area (Å²) < 4.78 is 0. The third kappa shape index (κ3) is 2.17. The van der Waals surface area contributed by atoms with E-state index < -0.39 is 5.91 Å². The number of hydroxylamine groups is 1. The van der Waals surface area contributed by atoms with E-state index in [1.54, 1.807) is 5.38 Å². The number of nitrogens with two attached hydrogens (primary N) is 1. The summed E-state index contributed by atoms with van der Waals surface area (Å²) in [5.41, 5.74) is 7.39. The molecule has 11 heavy (non-hydrogen) atoms. The fraction of sp³-hybridized carbons (Fsp3) is 0.200. The number of thiazole rings is 1. The molecule has 0 saturated carbocycles. The van der Waals surface area contributed by atoms with Crippen molar-refractivity contribution in [1.29, 1.82) is 0 Å². The molecule has 0 aliphatic carbocycles. The highest BCUT2D eigenvalue weighted by Crippen LogP contribution is 2.10. The van der Waals surface area contributed by atoms with Gasteiger partial charge in [0.25, 0.3) is 0 Å². The van der Waals surface area contributed by atoms with E-state index in [9.17, 15) is 4.79 Å². The highest BCUT2D eigenvalue weighted by atomic mass is 32.1. The van der Waals surface area contributed by atoms with Crippen LogP contribution in [0.4, 0.5) is 5.13 Å². The summed E-state index contributed by atoms with van der Waals surface area (Å²) in [6.45, 7) is 0.